The molecule has 3 atom stereocenters. The second-order valence-corrected chi connectivity index (χ2v) is 5.37. The van der Waals surface area contributed by atoms with E-state index in [0.717, 1.165) is 2.78 Å². The van der Waals surface area contributed by atoms with Gasteiger partial charge in [-0.25, -0.2) is 4.79 Å². The SMILES string of the molecule is Cc1cn([C@H]2C[C@H](N=[N+]=[N-])[C@@H](CO)O2)c(=O)n(I)c1=O. The third-order valence-electron chi connectivity index (χ3n) is 3.13. The lowest BCUT2D eigenvalue weighted by molar-refractivity contribution is -0.0272. The fourth-order valence-electron chi connectivity index (χ4n) is 2.11. The molecule has 1 aromatic rings. The molecule has 2 rings (SSSR count). The van der Waals surface area contributed by atoms with E-state index in [1.54, 1.807) is 29.8 Å². The Bertz CT molecular complexity index is 677. The predicted molar refractivity (Wildman–Crippen MR) is 77.7 cm³/mol. The standard InChI is InChI=1S/C10H12IN5O4/c1-5-3-15(10(19)16(11)9(5)18)8-2-6(13-14-12)7(4-17)20-8/h3,6-8,17H,2,4H2,1H3/t6-,7+,8+/m0/s1. The molecule has 0 aromatic carbocycles. The third kappa shape index (κ3) is 2.59. The number of aryl methyl sites for hydroxylation is 1. The Morgan fingerprint density at radius 1 is 1.65 bits per heavy atom. The lowest BCUT2D eigenvalue weighted by Gasteiger charge is -2.15. The molecule has 2 heterocycles. The second-order valence-electron chi connectivity index (χ2n) is 4.41. The lowest BCUT2D eigenvalue weighted by atomic mass is 10.1. The molecule has 0 radical (unpaired) electrons. The zero-order valence-electron chi connectivity index (χ0n) is 10.5. The number of aliphatic hydroxyl groups excluding tert-OH is 1. The zero-order valence-corrected chi connectivity index (χ0v) is 12.7. The van der Waals surface area contributed by atoms with Crippen LogP contribution in [-0.2, 0) is 4.74 Å². The molecule has 0 aliphatic carbocycles. The van der Waals surface area contributed by atoms with Crippen LogP contribution in [0.15, 0.2) is 20.9 Å². The summed E-state index contributed by atoms with van der Waals surface area (Å²) in [6, 6.07) is -0.545. The summed E-state index contributed by atoms with van der Waals surface area (Å²) in [5.41, 5.74) is 7.98. The molecule has 1 aliphatic rings. The van der Waals surface area contributed by atoms with Gasteiger partial charge in [-0.2, -0.15) is 2.78 Å². The average Bonchev–Trinajstić information content (AvgIpc) is 2.84. The van der Waals surface area contributed by atoms with Gasteiger partial charge in [-0.15, -0.1) is 0 Å². The van der Waals surface area contributed by atoms with Crippen LogP contribution in [0.2, 0.25) is 0 Å². The Labute approximate surface area is 126 Å². The smallest absolute Gasteiger partial charge is 0.342 e. The summed E-state index contributed by atoms with van der Waals surface area (Å²) in [5.74, 6) is 0. The minimum atomic E-state index is -0.671. The van der Waals surface area contributed by atoms with E-state index < -0.39 is 24.1 Å². The Hall–Kier alpha value is -1.36. The normalized spacial score (nSPS) is 25.4. The van der Waals surface area contributed by atoms with Gasteiger partial charge in [0, 0.05) is 23.1 Å². The summed E-state index contributed by atoms with van der Waals surface area (Å²) in [6.45, 7) is 1.29. The van der Waals surface area contributed by atoms with Gasteiger partial charge in [0.25, 0.3) is 5.56 Å². The molecule has 0 saturated carbocycles. The molecule has 20 heavy (non-hydrogen) atoms. The number of nitrogens with zero attached hydrogens (tertiary/aromatic N) is 5. The molecule has 0 spiro atoms. The van der Waals surface area contributed by atoms with Crippen molar-refractivity contribution in [3.05, 3.63) is 43.0 Å². The molecule has 1 aliphatic heterocycles. The third-order valence-corrected chi connectivity index (χ3v) is 3.98. The summed E-state index contributed by atoms with van der Waals surface area (Å²) in [4.78, 5) is 26.4. The van der Waals surface area contributed by atoms with Crippen molar-refractivity contribution in [3.8, 4) is 0 Å². The van der Waals surface area contributed by atoms with Gasteiger partial charge < -0.3 is 9.84 Å². The second kappa shape index (κ2) is 5.95. The summed E-state index contributed by atoms with van der Waals surface area (Å²) in [6.07, 6.45) is 0.356. The van der Waals surface area contributed by atoms with Crippen LogP contribution < -0.4 is 11.2 Å². The first-order valence-electron chi connectivity index (χ1n) is 5.81. The first kappa shape index (κ1) is 15.0. The van der Waals surface area contributed by atoms with Crippen LogP contribution in [0.5, 0.6) is 0 Å². The van der Waals surface area contributed by atoms with Gasteiger partial charge >= 0.3 is 5.69 Å². The molecule has 10 heteroatoms. The number of aromatic nitrogens is 2. The molecule has 9 nitrogen and oxygen atoms in total. The van der Waals surface area contributed by atoms with Crippen molar-refractivity contribution in [2.45, 2.75) is 31.7 Å². The summed E-state index contributed by atoms with van der Waals surface area (Å²) in [5, 5.41) is 12.8. The van der Waals surface area contributed by atoms with Crippen molar-refractivity contribution in [1.29, 1.82) is 0 Å². The highest BCUT2D eigenvalue weighted by Crippen LogP contribution is 2.29. The fourth-order valence-corrected chi connectivity index (χ4v) is 2.74. The van der Waals surface area contributed by atoms with Gasteiger partial charge in [0.15, 0.2) is 0 Å². The maximum absolute atomic E-state index is 12.1. The number of aliphatic hydroxyl groups is 1. The Kier molecular flexibility index (Phi) is 4.48. The van der Waals surface area contributed by atoms with Crippen LogP contribution >= 0.6 is 22.9 Å². The van der Waals surface area contributed by atoms with Crippen molar-refractivity contribution >= 4 is 22.9 Å². The maximum atomic E-state index is 12.1. The van der Waals surface area contributed by atoms with Crippen LogP contribution in [0.3, 0.4) is 0 Å². The highest BCUT2D eigenvalue weighted by atomic mass is 127. The van der Waals surface area contributed by atoms with Gasteiger partial charge in [0.2, 0.25) is 0 Å². The van der Waals surface area contributed by atoms with E-state index in [2.05, 4.69) is 10.0 Å². The Balaban J connectivity index is 2.42. The number of halogens is 1. The van der Waals surface area contributed by atoms with E-state index in [1.165, 1.54) is 10.8 Å². The van der Waals surface area contributed by atoms with Crippen LogP contribution in [0.4, 0.5) is 0 Å². The van der Waals surface area contributed by atoms with Crippen LogP contribution in [0, 0.1) is 6.92 Å². The molecular formula is C10H12IN5O4. The summed E-state index contributed by atoms with van der Waals surface area (Å²) >= 11 is 1.63. The number of hydrogen-bond acceptors (Lipinski definition) is 5. The highest BCUT2D eigenvalue weighted by molar-refractivity contribution is 14.1. The van der Waals surface area contributed by atoms with Crippen LogP contribution in [-0.4, -0.2) is 31.2 Å². The molecule has 1 aromatic heterocycles. The van der Waals surface area contributed by atoms with Gasteiger partial charge in [-0.3, -0.25) is 9.36 Å². The van der Waals surface area contributed by atoms with Gasteiger partial charge in [-0.05, 0) is 12.5 Å². The Morgan fingerprint density at radius 2 is 2.35 bits per heavy atom. The quantitative estimate of drug-likeness (QED) is 0.347. The molecule has 1 fully saturated rings. The Morgan fingerprint density at radius 3 is 2.95 bits per heavy atom. The lowest BCUT2D eigenvalue weighted by Crippen LogP contribution is -2.37. The topological polar surface area (TPSA) is 122 Å². The minimum absolute atomic E-state index is 0.267. The molecule has 1 saturated heterocycles. The predicted octanol–water partition coefficient (Wildman–Crippen LogP) is 0.475. The summed E-state index contributed by atoms with van der Waals surface area (Å²) < 4.78 is 7.76. The van der Waals surface area contributed by atoms with Crippen molar-refractivity contribution in [2.75, 3.05) is 6.61 Å². The van der Waals surface area contributed by atoms with E-state index in [9.17, 15) is 14.7 Å². The van der Waals surface area contributed by atoms with Gasteiger partial charge in [0.05, 0.1) is 41.6 Å². The minimum Gasteiger partial charge on any atom is -0.394 e. The van der Waals surface area contributed by atoms with Crippen LogP contribution in [0.25, 0.3) is 10.4 Å². The largest absolute Gasteiger partial charge is 0.394 e. The molecule has 0 bridgehead atoms. The summed E-state index contributed by atoms with van der Waals surface area (Å²) in [7, 11) is 0. The van der Waals surface area contributed by atoms with E-state index >= 15 is 0 Å². The number of hydrogen-bond donors (Lipinski definition) is 1. The number of rotatable bonds is 3. The average molecular weight is 393 g/mol. The van der Waals surface area contributed by atoms with Gasteiger partial charge in [-0.1, -0.05) is 5.11 Å². The zero-order chi connectivity index (χ0) is 14.9. The molecule has 1 N–H and O–H groups in total. The van der Waals surface area contributed by atoms with Crippen molar-refractivity contribution < 1.29 is 9.84 Å². The maximum Gasteiger partial charge on any atom is 0.342 e. The van der Waals surface area contributed by atoms with Gasteiger partial charge in [0.1, 0.15) is 6.23 Å². The highest BCUT2D eigenvalue weighted by Gasteiger charge is 2.36. The molecular weight excluding hydrogens is 381 g/mol. The monoisotopic (exact) mass is 393 g/mol. The fraction of sp³-hybridized carbons (Fsp3) is 0.600. The van der Waals surface area contributed by atoms with Crippen molar-refractivity contribution in [1.82, 2.24) is 7.35 Å². The van der Waals surface area contributed by atoms with Crippen LogP contribution in [0.1, 0.15) is 18.2 Å². The number of azide groups is 1. The number of ether oxygens (including phenoxy) is 1. The van der Waals surface area contributed by atoms with E-state index in [4.69, 9.17) is 10.3 Å². The molecule has 108 valence electrons. The first-order chi connectivity index (χ1) is 9.49. The molecule has 0 amide bonds. The molecule has 0 unspecified atom stereocenters. The van der Waals surface area contributed by atoms with Crippen molar-refractivity contribution in [2.24, 2.45) is 5.11 Å². The first-order valence-corrected chi connectivity index (χ1v) is 6.77. The van der Waals surface area contributed by atoms with E-state index in [0.29, 0.717) is 5.56 Å². The van der Waals surface area contributed by atoms with E-state index in [1.807, 2.05) is 0 Å². The van der Waals surface area contributed by atoms with E-state index in [-0.39, 0.29) is 18.6 Å². The van der Waals surface area contributed by atoms with Crippen molar-refractivity contribution in [3.63, 3.8) is 0 Å².